The zero-order valence-corrected chi connectivity index (χ0v) is 26.4. The van der Waals surface area contributed by atoms with Gasteiger partial charge in [0.05, 0.1) is 0 Å². The van der Waals surface area contributed by atoms with Gasteiger partial charge >= 0.3 is 63.8 Å². The van der Waals surface area contributed by atoms with Crippen LogP contribution in [-0.4, -0.2) is 3.71 Å². The molecule has 3 heteroatoms. The Kier molecular flexibility index (Phi) is 9.97. The van der Waals surface area contributed by atoms with Gasteiger partial charge in [-0.05, 0) is 45.9 Å². The van der Waals surface area contributed by atoms with Crippen molar-refractivity contribution in [3.8, 4) is 11.1 Å². The number of halogens is 2. The average Bonchev–Trinajstić information content (AvgIpc) is 3.67. The van der Waals surface area contributed by atoms with Crippen molar-refractivity contribution in [3.05, 3.63) is 130 Å². The van der Waals surface area contributed by atoms with Crippen LogP contribution in [0.15, 0.2) is 78.9 Å². The zero-order valence-electron chi connectivity index (χ0n) is 22.4. The average molecular weight is 615 g/mol. The van der Waals surface area contributed by atoms with E-state index in [1.54, 1.807) is 0 Å². The molecule has 0 amide bonds. The van der Waals surface area contributed by atoms with Crippen molar-refractivity contribution in [1.82, 2.24) is 0 Å². The van der Waals surface area contributed by atoms with Gasteiger partial charge in [0.2, 0.25) is 0 Å². The van der Waals surface area contributed by atoms with Crippen LogP contribution < -0.4 is 24.8 Å². The Bertz CT molecular complexity index is 1350. The molecule has 0 nitrogen and oxygen atoms in total. The predicted octanol–water partition coefficient (Wildman–Crippen LogP) is 2.37. The van der Waals surface area contributed by atoms with Gasteiger partial charge in [-0.15, -0.1) is 18.1 Å². The van der Waals surface area contributed by atoms with E-state index in [4.69, 9.17) is 0 Å². The van der Waals surface area contributed by atoms with Crippen LogP contribution >= 0.6 is 0 Å². The summed E-state index contributed by atoms with van der Waals surface area (Å²) in [5.41, 5.74) is 13.0. The molecular formula is C35H32Cl2Zr-2. The molecule has 0 saturated heterocycles. The van der Waals surface area contributed by atoms with E-state index in [1.165, 1.54) is 74.3 Å². The second-order valence-corrected chi connectivity index (χ2v) is 11.6. The van der Waals surface area contributed by atoms with Crippen LogP contribution in [0.3, 0.4) is 0 Å². The van der Waals surface area contributed by atoms with E-state index in [1.807, 2.05) is 18.2 Å². The third-order valence-electron chi connectivity index (χ3n) is 7.41. The van der Waals surface area contributed by atoms with E-state index in [0.29, 0.717) is 0 Å². The van der Waals surface area contributed by atoms with Crippen LogP contribution in [0.2, 0.25) is 0 Å². The molecule has 3 aromatic carbocycles. The van der Waals surface area contributed by atoms with Gasteiger partial charge in [0, 0.05) is 5.41 Å². The predicted molar refractivity (Wildman–Crippen MR) is 151 cm³/mol. The van der Waals surface area contributed by atoms with Crippen LogP contribution in [0.5, 0.6) is 0 Å². The third-order valence-corrected chi connectivity index (χ3v) is 8.23. The van der Waals surface area contributed by atoms with Gasteiger partial charge in [-0.3, -0.25) is 12.2 Å². The van der Waals surface area contributed by atoms with Crippen molar-refractivity contribution in [2.45, 2.75) is 51.4 Å². The molecule has 192 valence electrons. The Morgan fingerprint density at radius 2 is 1.50 bits per heavy atom. The summed E-state index contributed by atoms with van der Waals surface area (Å²) < 4.78 is 2.17. The number of fused-ring (bicyclic) bond motifs is 5. The van der Waals surface area contributed by atoms with Crippen molar-refractivity contribution in [3.63, 3.8) is 0 Å². The summed E-state index contributed by atoms with van der Waals surface area (Å²) in [6.07, 6.45) is 21.4. The van der Waals surface area contributed by atoms with E-state index in [9.17, 15) is 0 Å². The van der Waals surface area contributed by atoms with Gasteiger partial charge in [-0.2, -0.15) is 11.6 Å². The molecule has 0 atom stereocenters. The van der Waals surface area contributed by atoms with Gasteiger partial charge in [0.1, 0.15) is 0 Å². The molecule has 0 unspecified atom stereocenters. The summed E-state index contributed by atoms with van der Waals surface area (Å²) in [5.74, 6) is 0. The molecular weight excluding hydrogens is 583 g/mol. The standard InChI is InChI=1S/C23H21.C7H6.C5H5.2ClH.Zr/c1-22(2)7-5-14-10-18-16(12-20(14)22)9-17-13-21-15(11-19(17)18)6-8-23(21,3)4;1-7-5-3-2-4-6-7;1-2-4-5-3-1;;;/h5-7,10-13H,9H2,1-4H3;1-6H;1-3H,4H2;2*1H;/q-1;;-1;;;+2/p-2. The van der Waals surface area contributed by atoms with Gasteiger partial charge in [0.15, 0.2) is 0 Å². The van der Waals surface area contributed by atoms with Crippen LogP contribution in [0.1, 0.15) is 73.1 Å². The first kappa shape index (κ1) is 30.5. The van der Waals surface area contributed by atoms with Gasteiger partial charge in [0.25, 0.3) is 0 Å². The summed E-state index contributed by atoms with van der Waals surface area (Å²) in [6.45, 7) is 9.13. The molecule has 0 spiro atoms. The molecule has 4 aliphatic rings. The minimum absolute atomic E-state index is 0. The molecule has 38 heavy (non-hydrogen) atoms. The molecule has 0 N–H and O–H groups in total. The van der Waals surface area contributed by atoms with E-state index < -0.39 is 0 Å². The summed E-state index contributed by atoms with van der Waals surface area (Å²) in [6, 6.07) is 20.0. The van der Waals surface area contributed by atoms with Crippen molar-refractivity contribution < 1.29 is 49.0 Å². The molecule has 0 saturated carbocycles. The van der Waals surface area contributed by atoms with Crippen molar-refractivity contribution in [2.24, 2.45) is 0 Å². The maximum atomic E-state index is 3.50. The summed E-state index contributed by atoms with van der Waals surface area (Å²) in [7, 11) is 0. The first-order valence-corrected chi connectivity index (χ1v) is 14.1. The van der Waals surface area contributed by atoms with E-state index in [2.05, 4.69) is 116 Å². The Labute approximate surface area is 255 Å². The van der Waals surface area contributed by atoms with Gasteiger partial charge in [-0.1, -0.05) is 57.4 Å². The van der Waals surface area contributed by atoms with Crippen LogP contribution in [0, 0.1) is 12.2 Å². The number of hydrogen-bond donors (Lipinski definition) is 0. The number of hydrogen-bond acceptors (Lipinski definition) is 0. The molecule has 0 heterocycles. The molecule has 0 bridgehead atoms. The van der Waals surface area contributed by atoms with E-state index in [0.717, 1.165) is 12.8 Å². The fourth-order valence-electron chi connectivity index (χ4n) is 5.29. The molecule has 0 aromatic heterocycles. The maximum absolute atomic E-state index is 3.50. The van der Waals surface area contributed by atoms with Crippen molar-refractivity contribution >= 4 is 15.9 Å². The van der Waals surface area contributed by atoms with Crippen LogP contribution in [0.4, 0.5) is 0 Å². The molecule has 0 aliphatic heterocycles. The quantitative estimate of drug-likeness (QED) is 0.289. The zero-order chi connectivity index (χ0) is 25.3. The Balaban J connectivity index is 0.000000222. The van der Waals surface area contributed by atoms with Crippen LogP contribution in [0.25, 0.3) is 23.3 Å². The first-order chi connectivity index (χ1) is 17.3. The van der Waals surface area contributed by atoms with Crippen molar-refractivity contribution in [2.75, 3.05) is 0 Å². The molecule has 0 radical (unpaired) electrons. The second kappa shape index (κ2) is 12.4. The third kappa shape index (κ3) is 6.23. The van der Waals surface area contributed by atoms with E-state index >= 15 is 0 Å². The monoisotopic (exact) mass is 612 g/mol. The number of allylic oxidation sites excluding steroid dienone is 6. The van der Waals surface area contributed by atoms with Gasteiger partial charge in [-0.25, -0.2) is 18.2 Å². The topological polar surface area (TPSA) is 0 Å². The van der Waals surface area contributed by atoms with E-state index in [-0.39, 0.29) is 35.6 Å². The molecule has 4 aliphatic carbocycles. The van der Waals surface area contributed by atoms with Crippen LogP contribution in [-0.2, 0) is 41.5 Å². The summed E-state index contributed by atoms with van der Waals surface area (Å²) in [4.78, 5) is 0. The fourth-order valence-corrected chi connectivity index (χ4v) is 5.76. The fraction of sp³-hybridized carbons (Fsp3) is 0.229. The molecule has 0 fully saturated rings. The Hall–Kier alpha value is -2.05. The first-order valence-electron chi connectivity index (χ1n) is 12.7. The summed E-state index contributed by atoms with van der Waals surface area (Å²) >= 11 is 1.46. The van der Waals surface area contributed by atoms with Gasteiger partial charge < -0.3 is 24.8 Å². The molecule has 7 rings (SSSR count). The SMILES string of the molecule is CC1(C)[C-]=Cc2cc3c(cc21)Cc1cc2c(cc1-3)C=CC2(C)C.[C-]1=CC=CC1.[Cl-].[Cl-].[Zr+2]=[CH]c1ccccc1. The second-order valence-electron chi connectivity index (χ2n) is 10.9. The Morgan fingerprint density at radius 3 is 2.05 bits per heavy atom. The molecule has 3 aromatic rings. The summed E-state index contributed by atoms with van der Waals surface area (Å²) in [5, 5.41) is 0. The van der Waals surface area contributed by atoms with Crippen molar-refractivity contribution in [1.29, 1.82) is 0 Å². The number of rotatable bonds is 1. The normalized spacial score (nSPS) is 16.5. The minimum atomic E-state index is 0. The Morgan fingerprint density at radius 1 is 0.842 bits per heavy atom. The number of benzene rings is 3.